The molecule has 27 heavy (non-hydrogen) atoms. The van der Waals surface area contributed by atoms with Crippen LogP contribution in [0, 0.1) is 0 Å². The van der Waals surface area contributed by atoms with Crippen LogP contribution < -0.4 is 40.0 Å². The van der Waals surface area contributed by atoms with E-state index in [0.29, 0.717) is 19.4 Å². The molecule has 4 rings (SSSR count). The van der Waals surface area contributed by atoms with E-state index >= 15 is 0 Å². The van der Waals surface area contributed by atoms with Crippen LogP contribution in [0.2, 0.25) is 0 Å². The van der Waals surface area contributed by atoms with Gasteiger partial charge in [-0.25, -0.2) is 4.68 Å². The summed E-state index contributed by atoms with van der Waals surface area (Å²) < 4.78 is 1.76. The van der Waals surface area contributed by atoms with Gasteiger partial charge in [-0.05, 0) is 37.8 Å². The van der Waals surface area contributed by atoms with Crippen molar-refractivity contribution in [1.29, 1.82) is 0 Å². The van der Waals surface area contributed by atoms with Crippen LogP contribution in [0.25, 0.3) is 5.69 Å². The van der Waals surface area contributed by atoms with Crippen LogP contribution in [-0.2, 0) is 16.1 Å². The zero-order valence-corrected chi connectivity index (χ0v) is 17.4. The molecule has 1 saturated heterocycles. The number of carboxylic acid groups (broad SMARTS) is 1. The van der Waals surface area contributed by atoms with Gasteiger partial charge in [-0.1, -0.05) is 18.2 Å². The first-order chi connectivity index (χ1) is 12.6. The first-order valence-corrected chi connectivity index (χ1v) is 8.98. The fourth-order valence-electron chi connectivity index (χ4n) is 3.70. The molecule has 136 valence electrons. The number of aromatic nitrogens is 2. The Balaban J connectivity index is 0.00000210. The number of hydrogen-bond donors (Lipinski definition) is 1. The number of nitrogens with zero attached hydrogens (tertiary/aromatic N) is 3. The van der Waals surface area contributed by atoms with Crippen LogP contribution >= 0.6 is 0 Å². The number of carbonyl (C=O) groups is 2. The Labute approximate surface area is 180 Å². The van der Waals surface area contributed by atoms with E-state index in [2.05, 4.69) is 10.4 Å². The first-order valence-electron chi connectivity index (χ1n) is 8.98. The maximum Gasteiger partial charge on any atom is 1.00 e. The van der Waals surface area contributed by atoms with Crippen molar-refractivity contribution in [3.8, 4) is 5.69 Å². The normalized spacial score (nSPS) is 22.2. The number of rotatable bonds is 6. The average Bonchev–Trinajstić information content (AvgIpc) is 3.21. The van der Waals surface area contributed by atoms with Gasteiger partial charge in [0.2, 0.25) is 5.91 Å². The van der Waals surface area contributed by atoms with E-state index < -0.39 is 12.0 Å². The van der Waals surface area contributed by atoms with Crippen LogP contribution in [-0.4, -0.2) is 44.7 Å². The van der Waals surface area contributed by atoms with E-state index in [1.54, 1.807) is 10.9 Å². The largest absolute Gasteiger partial charge is 1.00 e. The molecule has 1 aromatic carbocycles. The molecule has 2 aromatic rings. The smallest absolute Gasteiger partial charge is 0.548 e. The third kappa shape index (κ3) is 4.43. The summed E-state index contributed by atoms with van der Waals surface area (Å²) in [5.41, 5.74) is 1.85. The van der Waals surface area contributed by atoms with Crippen molar-refractivity contribution < 1.29 is 44.3 Å². The van der Waals surface area contributed by atoms with Crippen molar-refractivity contribution >= 4 is 11.9 Å². The average molecular weight is 376 g/mol. The third-order valence-electron chi connectivity index (χ3n) is 5.10. The molecule has 1 aliphatic carbocycles. The van der Waals surface area contributed by atoms with Crippen molar-refractivity contribution in [3.63, 3.8) is 0 Å². The molecule has 1 N–H and O–H groups in total. The summed E-state index contributed by atoms with van der Waals surface area (Å²) in [4.78, 5) is 25.8. The Morgan fingerprint density at radius 2 is 1.81 bits per heavy atom. The van der Waals surface area contributed by atoms with Crippen molar-refractivity contribution in [2.24, 2.45) is 0 Å². The van der Waals surface area contributed by atoms with Crippen molar-refractivity contribution in [2.45, 2.75) is 50.4 Å². The minimum atomic E-state index is -1.07. The molecule has 7 nitrogen and oxygen atoms in total. The van der Waals surface area contributed by atoms with Gasteiger partial charge in [0.25, 0.3) is 0 Å². The molecule has 0 spiro atoms. The number of amides is 1. The van der Waals surface area contributed by atoms with Gasteiger partial charge in [-0.15, -0.1) is 0 Å². The van der Waals surface area contributed by atoms with E-state index in [-0.39, 0.29) is 47.5 Å². The molecule has 2 unspecified atom stereocenters. The van der Waals surface area contributed by atoms with E-state index in [0.717, 1.165) is 24.1 Å². The Kier molecular flexibility index (Phi) is 6.37. The summed E-state index contributed by atoms with van der Waals surface area (Å²) in [5, 5.41) is 18.6. The van der Waals surface area contributed by atoms with E-state index in [1.165, 1.54) is 0 Å². The second-order valence-electron chi connectivity index (χ2n) is 6.95. The summed E-state index contributed by atoms with van der Waals surface area (Å²) in [7, 11) is 0. The molecule has 8 heteroatoms. The molecule has 1 amide bonds. The molecular formula is C19H21N4NaO3. The van der Waals surface area contributed by atoms with Crippen molar-refractivity contribution in [1.82, 2.24) is 20.0 Å². The van der Waals surface area contributed by atoms with E-state index in [1.807, 2.05) is 41.4 Å². The summed E-state index contributed by atoms with van der Waals surface area (Å²) in [5.74, 6) is -1.19. The molecule has 1 saturated carbocycles. The Bertz CT molecular complexity index is 806. The zero-order valence-electron chi connectivity index (χ0n) is 15.4. The van der Waals surface area contributed by atoms with Crippen LogP contribution in [0.15, 0.2) is 42.7 Å². The second-order valence-corrected chi connectivity index (χ2v) is 6.95. The van der Waals surface area contributed by atoms with Gasteiger partial charge in [-0.3, -0.25) is 9.69 Å². The van der Waals surface area contributed by atoms with E-state index in [4.69, 9.17) is 0 Å². The van der Waals surface area contributed by atoms with Crippen molar-refractivity contribution in [2.75, 3.05) is 0 Å². The maximum absolute atomic E-state index is 12.6. The van der Waals surface area contributed by atoms with Gasteiger partial charge in [0.15, 0.2) is 0 Å². The number of nitrogens with one attached hydrogen (secondary N) is 1. The van der Waals surface area contributed by atoms with Crippen molar-refractivity contribution in [3.05, 3.63) is 48.3 Å². The number of carboxylic acids is 1. The van der Waals surface area contributed by atoms with Crippen LogP contribution in [0.1, 0.15) is 31.2 Å². The molecule has 0 bridgehead atoms. The van der Waals surface area contributed by atoms with Gasteiger partial charge in [0.1, 0.15) is 0 Å². The summed E-state index contributed by atoms with van der Waals surface area (Å²) in [6.07, 6.45) is 6.55. The third-order valence-corrected chi connectivity index (χ3v) is 5.10. The number of benzene rings is 1. The van der Waals surface area contributed by atoms with Gasteiger partial charge >= 0.3 is 29.6 Å². The Morgan fingerprint density at radius 3 is 2.48 bits per heavy atom. The fourth-order valence-corrected chi connectivity index (χ4v) is 3.70. The molecule has 2 atom stereocenters. The molecule has 2 heterocycles. The minimum Gasteiger partial charge on any atom is -0.548 e. The quantitative estimate of drug-likeness (QED) is 0.552. The first kappa shape index (κ1) is 20.1. The van der Waals surface area contributed by atoms with Crippen LogP contribution in [0.5, 0.6) is 0 Å². The minimum absolute atomic E-state index is 0. The predicted octanol–water partition coefficient (Wildman–Crippen LogP) is -2.76. The number of aliphatic carboxylic acids is 1. The number of likely N-dealkylation sites (tertiary alicyclic amines) is 1. The van der Waals surface area contributed by atoms with E-state index in [9.17, 15) is 14.7 Å². The topological polar surface area (TPSA) is 90.3 Å². The Morgan fingerprint density at radius 1 is 1.11 bits per heavy atom. The number of hydrogen-bond acceptors (Lipinski definition) is 5. The molecule has 2 fully saturated rings. The molecular weight excluding hydrogens is 355 g/mol. The standard InChI is InChI=1S/C19H22N4O3.Na/c24-18(16-8-9-17(19(25)26)23(16)15-6-7-15)20-10-13-11-21-22(12-13)14-4-2-1-3-5-14;/h1-5,11-12,15-17H,6-10H2,(H,20,24)(H,25,26);/q;+1/p-1. The molecule has 0 radical (unpaired) electrons. The van der Waals surface area contributed by atoms with Gasteiger partial charge in [-0.2, -0.15) is 5.10 Å². The number of carbonyl (C=O) groups excluding carboxylic acids is 2. The molecule has 1 aromatic heterocycles. The maximum atomic E-state index is 12.6. The second kappa shape index (κ2) is 8.56. The Hall–Kier alpha value is -1.67. The summed E-state index contributed by atoms with van der Waals surface area (Å²) in [6, 6.07) is 8.94. The van der Waals surface area contributed by atoms with Crippen LogP contribution in [0.4, 0.5) is 0 Å². The summed E-state index contributed by atoms with van der Waals surface area (Å²) in [6.45, 7) is 0.372. The number of para-hydroxylation sites is 1. The summed E-state index contributed by atoms with van der Waals surface area (Å²) >= 11 is 0. The molecule has 1 aliphatic heterocycles. The van der Waals surface area contributed by atoms with Gasteiger partial charge in [0, 0.05) is 24.3 Å². The van der Waals surface area contributed by atoms with Crippen LogP contribution in [0.3, 0.4) is 0 Å². The SMILES string of the molecule is O=C([O-])C1CCC(C(=O)NCc2cnn(-c3ccccc3)c2)N1C1CC1.[Na+]. The predicted molar refractivity (Wildman–Crippen MR) is 92.1 cm³/mol. The van der Waals surface area contributed by atoms with Gasteiger partial charge < -0.3 is 15.2 Å². The zero-order chi connectivity index (χ0) is 18.1. The monoisotopic (exact) mass is 376 g/mol. The van der Waals surface area contributed by atoms with Gasteiger partial charge in [0.05, 0.1) is 29.9 Å². The molecule has 2 aliphatic rings. The fraction of sp³-hybridized carbons (Fsp3) is 0.421.